The number of morpholine rings is 1. The quantitative estimate of drug-likeness (QED) is 0.432. The number of amides is 1. The summed E-state index contributed by atoms with van der Waals surface area (Å²) in [5, 5.41) is 10.1. The van der Waals surface area contributed by atoms with Gasteiger partial charge in [-0.25, -0.2) is 9.97 Å². The Bertz CT molecular complexity index is 1300. The zero-order chi connectivity index (χ0) is 22.6. The Balaban J connectivity index is 1.38. The number of rotatable bonds is 6. The lowest BCUT2D eigenvalue weighted by Gasteiger charge is -2.28. The highest BCUT2D eigenvalue weighted by atomic mass is 16.5. The molecular formula is C24H22N6O3. The number of fused-ring (bicyclic) bond motifs is 1. The van der Waals surface area contributed by atoms with Crippen LogP contribution in [0.25, 0.3) is 22.4 Å². The molecule has 2 N–H and O–H groups in total. The smallest absolute Gasteiger partial charge is 0.247 e. The first kappa shape index (κ1) is 20.7. The molecule has 3 heterocycles. The van der Waals surface area contributed by atoms with E-state index >= 15 is 0 Å². The predicted octanol–water partition coefficient (Wildman–Crippen LogP) is 3.99. The van der Waals surface area contributed by atoms with Crippen LogP contribution in [0, 0.1) is 0 Å². The van der Waals surface area contributed by atoms with Gasteiger partial charge < -0.3 is 24.8 Å². The highest BCUT2D eigenvalue weighted by Crippen LogP contribution is 2.29. The molecule has 9 nitrogen and oxygen atoms in total. The number of hydrogen-bond donors (Lipinski definition) is 2. The highest BCUT2D eigenvalue weighted by molar-refractivity contribution is 5.99. The monoisotopic (exact) mass is 442 g/mol. The van der Waals surface area contributed by atoms with Gasteiger partial charge in [-0.15, -0.1) is 0 Å². The molecular weight excluding hydrogens is 420 g/mol. The molecule has 33 heavy (non-hydrogen) atoms. The first-order valence-corrected chi connectivity index (χ1v) is 10.6. The van der Waals surface area contributed by atoms with Crippen LogP contribution in [0.5, 0.6) is 0 Å². The molecule has 1 aliphatic rings. The van der Waals surface area contributed by atoms with Crippen molar-refractivity contribution in [2.24, 2.45) is 0 Å². The molecule has 2 aromatic carbocycles. The average molecular weight is 442 g/mol. The second-order valence-electron chi connectivity index (χ2n) is 7.48. The Kier molecular flexibility index (Phi) is 5.69. The minimum atomic E-state index is -0.286. The second kappa shape index (κ2) is 9.09. The number of benzene rings is 2. The van der Waals surface area contributed by atoms with Crippen LogP contribution in [-0.4, -0.2) is 47.3 Å². The molecule has 0 atom stereocenters. The molecule has 4 aromatic rings. The van der Waals surface area contributed by atoms with Crippen molar-refractivity contribution < 1.29 is 14.1 Å². The number of carbonyl (C=O) groups excluding carboxylic acids is 1. The van der Waals surface area contributed by atoms with Gasteiger partial charge in [-0.2, -0.15) is 0 Å². The molecule has 166 valence electrons. The minimum Gasteiger partial charge on any atom is -0.378 e. The Morgan fingerprint density at radius 3 is 2.70 bits per heavy atom. The molecule has 1 amide bonds. The van der Waals surface area contributed by atoms with E-state index in [1.54, 1.807) is 18.3 Å². The lowest BCUT2D eigenvalue weighted by atomic mass is 10.1. The summed E-state index contributed by atoms with van der Waals surface area (Å²) >= 11 is 0. The third-order valence-electron chi connectivity index (χ3n) is 5.30. The summed E-state index contributed by atoms with van der Waals surface area (Å²) in [4.78, 5) is 22.9. The fourth-order valence-corrected chi connectivity index (χ4v) is 3.64. The number of anilines is 4. The summed E-state index contributed by atoms with van der Waals surface area (Å²) in [6, 6.07) is 15.4. The fraction of sp³-hybridized carbons (Fsp3) is 0.167. The van der Waals surface area contributed by atoms with E-state index in [0.29, 0.717) is 28.4 Å². The van der Waals surface area contributed by atoms with Crippen molar-refractivity contribution in [3.05, 3.63) is 67.4 Å². The first-order chi connectivity index (χ1) is 16.2. The van der Waals surface area contributed by atoms with Crippen LogP contribution in [0.4, 0.5) is 23.0 Å². The van der Waals surface area contributed by atoms with Crippen LogP contribution in [0.2, 0.25) is 0 Å². The Labute approximate surface area is 190 Å². The van der Waals surface area contributed by atoms with Crippen molar-refractivity contribution in [2.75, 3.05) is 41.8 Å². The minimum absolute atomic E-state index is 0.286. The molecule has 0 aliphatic carbocycles. The molecule has 0 unspecified atom stereocenters. The van der Waals surface area contributed by atoms with E-state index in [-0.39, 0.29) is 5.91 Å². The predicted molar refractivity (Wildman–Crippen MR) is 127 cm³/mol. The summed E-state index contributed by atoms with van der Waals surface area (Å²) < 4.78 is 10.8. The highest BCUT2D eigenvalue weighted by Gasteiger charge is 2.15. The first-order valence-electron chi connectivity index (χ1n) is 10.6. The van der Waals surface area contributed by atoms with E-state index in [1.165, 1.54) is 6.08 Å². The topological polar surface area (TPSA) is 105 Å². The van der Waals surface area contributed by atoms with E-state index in [9.17, 15) is 4.79 Å². The maximum Gasteiger partial charge on any atom is 0.247 e. The summed E-state index contributed by atoms with van der Waals surface area (Å²) in [5.74, 6) is 0.146. The number of hydrogen-bond acceptors (Lipinski definition) is 8. The van der Waals surface area contributed by atoms with Gasteiger partial charge in [0.2, 0.25) is 17.4 Å². The molecule has 2 aromatic heterocycles. The van der Waals surface area contributed by atoms with Crippen molar-refractivity contribution >= 4 is 40.0 Å². The number of aromatic nitrogens is 3. The van der Waals surface area contributed by atoms with Gasteiger partial charge in [-0.1, -0.05) is 23.9 Å². The van der Waals surface area contributed by atoms with Gasteiger partial charge in [0.25, 0.3) is 0 Å². The van der Waals surface area contributed by atoms with Crippen LogP contribution >= 0.6 is 0 Å². The Morgan fingerprint density at radius 2 is 1.91 bits per heavy atom. The maximum absolute atomic E-state index is 11.6. The van der Waals surface area contributed by atoms with Gasteiger partial charge in [-0.05, 0) is 42.5 Å². The molecule has 9 heteroatoms. The summed E-state index contributed by atoms with van der Waals surface area (Å²) in [6.45, 7) is 6.75. The van der Waals surface area contributed by atoms with Crippen LogP contribution in [-0.2, 0) is 9.53 Å². The third-order valence-corrected chi connectivity index (χ3v) is 5.30. The van der Waals surface area contributed by atoms with Gasteiger partial charge in [-0.3, -0.25) is 4.79 Å². The van der Waals surface area contributed by atoms with Crippen LogP contribution < -0.4 is 15.5 Å². The molecule has 5 rings (SSSR count). The average Bonchev–Trinajstić information content (AvgIpc) is 3.28. The Hall–Kier alpha value is -4.24. The molecule has 0 bridgehead atoms. The third kappa shape index (κ3) is 4.53. The van der Waals surface area contributed by atoms with Gasteiger partial charge in [0, 0.05) is 35.7 Å². The molecule has 1 saturated heterocycles. The van der Waals surface area contributed by atoms with E-state index < -0.39 is 0 Å². The number of nitrogens with one attached hydrogen (secondary N) is 2. The summed E-state index contributed by atoms with van der Waals surface area (Å²) in [7, 11) is 0. The maximum atomic E-state index is 11.6. The number of carbonyl (C=O) groups is 1. The van der Waals surface area contributed by atoms with Gasteiger partial charge in [0.15, 0.2) is 0 Å². The normalized spacial score (nSPS) is 13.6. The summed E-state index contributed by atoms with van der Waals surface area (Å²) in [6.07, 6.45) is 2.81. The van der Waals surface area contributed by atoms with Gasteiger partial charge >= 0.3 is 0 Å². The molecule has 1 fully saturated rings. The molecule has 0 spiro atoms. The van der Waals surface area contributed by atoms with Crippen molar-refractivity contribution in [1.82, 2.24) is 15.1 Å². The largest absolute Gasteiger partial charge is 0.378 e. The fourth-order valence-electron chi connectivity index (χ4n) is 3.64. The summed E-state index contributed by atoms with van der Waals surface area (Å²) in [5.41, 5.74) is 5.02. The SMILES string of the molecule is C=CC(=O)Nc1cccc(-c2noc3cnc(Nc4ccc(N5CCOCC5)cc4)nc23)c1. The van der Waals surface area contributed by atoms with Crippen LogP contribution in [0.15, 0.2) is 71.9 Å². The van der Waals surface area contributed by atoms with Crippen molar-refractivity contribution in [3.63, 3.8) is 0 Å². The van der Waals surface area contributed by atoms with E-state index in [4.69, 9.17) is 9.26 Å². The van der Waals surface area contributed by atoms with Crippen molar-refractivity contribution in [1.29, 1.82) is 0 Å². The molecule has 1 aliphatic heterocycles. The lowest BCUT2D eigenvalue weighted by Crippen LogP contribution is -2.36. The number of ether oxygens (including phenoxy) is 1. The zero-order valence-corrected chi connectivity index (χ0v) is 17.8. The Morgan fingerprint density at radius 1 is 1.09 bits per heavy atom. The molecule has 0 radical (unpaired) electrons. The van der Waals surface area contributed by atoms with Crippen LogP contribution in [0.3, 0.4) is 0 Å². The van der Waals surface area contributed by atoms with Crippen molar-refractivity contribution in [2.45, 2.75) is 0 Å². The molecule has 0 saturated carbocycles. The standard InChI is InChI=1S/C24H22N6O3/c1-2-21(31)26-18-5-3-4-16(14-18)22-23-20(33-29-22)15-25-24(28-23)27-17-6-8-19(9-7-17)30-10-12-32-13-11-30/h2-9,14-15H,1,10-13H2,(H,26,31)(H,25,27,28). The number of nitrogens with zero attached hydrogens (tertiary/aromatic N) is 4. The van der Waals surface area contributed by atoms with Gasteiger partial charge in [0.1, 0.15) is 11.2 Å². The van der Waals surface area contributed by atoms with Crippen molar-refractivity contribution in [3.8, 4) is 11.3 Å². The lowest BCUT2D eigenvalue weighted by molar-refractivity contribution is -0.111. The van der Waals surface area contributed by atoms with E-state index in [1.807, 2.05) is 24.3 Å². The van der Waals surface area contributed by atoms with E-state index in [0.717, 1.165) is 43.2 Å². The van der Waals surface area contributed by atoms with E-state index in [2.05, 4.69) is 49.4 Å². The van der Waals surface area contributed by atoms with Crippen LogP contribution in [0.1, 0.15) is 0 Å². The van der Waals surface area contributed by atoms with Gasteiger partial charge in [0.05, 0.1) is 19.4 Å². The second-order valence-corrected chi connectivity index (χ2v) is 7.48. The zero-order valence-electron chi connectivity index (χ0n) is 17.8.